The molecule has 0 N–H and O–H groups in total. The number of thiophene rings is 1. The van der Waals surface area contributed by atoms with E-state index in [4.69, 9.17) is 0 Å². The Kier molecular flexibility index (Phi) is 1.95. The first-order chi connectivity index (χ1) is 5.29. The molecule has 0 radical (unpaired) electrons. The standard InChI is InChI=1S/C6H2Br2N2S/c7-3-1-11-5-4(3)9-2-10-6(5)8/h1-2H. The zero-order valence-electron chi connectivity index (χ0n) is 5.21. The first-order valence-corrected chi connectivity index (χ1v) is 5.29. The normalized spacial score (nSPS) is 10.7. The number of nitrogens with zero attached hydrogens (tertiary/aromatic N) is 2. The second kappa shape index (κ2) is 2.80. The van der Waals surface area contributed by atoms with Crippen LogP contribution in [0.3, 0.4) is 0 Å². The summed E-state index contributed by atoms with van der Waals surface area (Å²) < 4.78 is 2.97. The summed E-state index contributed by atoms with van der Waals surface area (Å²) in [5.74, 6) is 0. The Morgan fingerprint density at radius 1 is 1.27 bits per heavy atom. The summed E-state index contributed by atoms with van der Waals surface area (Å²) in [6, 6.07) is 0. The zero-order valence-corrected chi connectivity index (χ0v) is 9.20. The molecule has 2 nitrogen and oxygen atoms in total. The van der Waals surface area contributed by atoms with Gasteiger partial charge in [-0.25, -0.2) is 9.97 Å². The van der Waals surface area contributed by atoms with Crippen molar-refractivity contribution in [1.29, 1.82) is 0 Å². The Labute approximate surface area is 83.9 Å². The molecule has 0 aliphatic heterocycles. The molecule has 0 unspecified atom stereocenters. The van der Waals surface area contributed by atoms with E-state index in [1.807, 2.05) is 5.38 Å². The second-order valence-electron chi connectivity index (χ2n) is 1.93. The summed E-state index contributed by atoms with van der Waals surface area (Å²) in [6.45, 7) is 0. The van der Waals surface area contributed by atoms with Gasteiger partial charge in [-0.05, 0) is 31.9 Å². The number of hydrogen-bond donors (Lipinski definition) is 0. The molecule has 0 fully saturated rings. The molecule has 2 aromatic heterocycles. The molecular formula is C6H2Br2N2S. The van der Waals surface area contributed by atoms with Crippen molar-refractivity contribution in [2.45, 2.75) is 0 Å². The highest BCUT2D eigenvalue weighted by atomic mass is 79.9. The molecule has 0 spiro atoms. The summed E-state index contributed by atoms with van der Waals surface area (Å²) in [6.07, 6.45) is 1.55. The summed E-state index contributed by atoms with van der Waals surface area (Å²) in [7, 11) is 0. The van der Waals surface area contributed by atoms with Crippen molar-refractivity contribution < 1.29 is 0 Å². The van der Waals surface area contributed by atoms with Crippen LogP contribution < -0.4 is 0 Å². The van der Waals surface area contributed by atoms with Crippen molar-refractivity contribution in [3.63, 3.8) is 0 Å². The van der Waals surface area contributed by atoms with E-state index in [2.05, 4.69) is 41.8 Å². The van der Waals surface area contributed by atoms with Crippen LogP contribution in [0.5, 0.6) is 0 Å². The van der Waals surface area contributed by atoms with Crippen molar-refractivity contribution in [3.8, 4) is 0 Å². The van der Waals surface area contributed by atoms with Gasteiger partial charge in [0.2, 0.25) is 0 Å². The van der Waals surface area contributed by atoms with Crippen molar-refractivity contribution in [2.24, 2.45) is 0 Å². The average Bonchev–Trinajstić information content (AvgIpc) is 2.35. The van der Waals surface area contributed by atoms with Gasteiger partial charge in [-0.2, -0.15) is 0 Å². The molecule has 0 aliphatic carbocycles. The number of halogens is 2. The van der Waals surface area contributed by atoms with E-state index in [-0.39, 0.29) is 0 Å². The maximum absolute atomic E-state index is 4.12. The molecule has 5 heteroatoms. The summed E-state index contributed by atoms with van der Waals surface area (Å²) in [4.78, 5) is 8.14. The van der Waals surface area contributed by atoms with Gasteiger partial charge in [0, 0.05) is 5.38 Å². The van der Waals surface area contributed by atoms with Crippen LogP contribution in [0.4, 0.5) is 0 Å². The van der Waals surface area contributed by atoms with Gasteiger partial charge in [-0.3, -0.25) is 0 Å². The first-order valence-electron chi connectivity index (χ1n) is 2.82. The minimum Gasteiger partial charge on any atom is -0.234 e. The maximum Gasteiger partial charge on any atom is 0.127 e. The largest absolute Gasteiger partial charge is 0.234 e. The third-order valence-corrected chi connectivity index (χ3v) is 4.01. The van der Waals surface area contributed by atoms with E-state index in [0.717, 1.165) is 19.3 Å². The van der Waals surface area contributed by atoms with Crippen molar-refractivity contribution in [3.05, 3.63) is 20.8 Å². The molecule has 11 heavy (non-hydrogen) atoms. The van der Waals surface area contributed by atoms with Gasteiger partial charge < -0.3 is 0 Å². The van der Waals surface area contributed by atoms with Crippen LogP contribution in [-0.4, -0.2) is 9.97 Å². The lowest BCUT2D eigenvalue weighted by atomic mass is 10.5. The van der Waals surface area contributed by atoms with Crippen molar-refractivity contribution in [2.75, 3.05) is 0 Å². The topological polar surface area (TPSA) is 25.8 Å². The number of rotatable bonds is 0. The Balaban J connectivity index is 2.94. The number of fused-ring (bicyclic) bond motifs is 1. The summed E-state index contributed by atoms with van der Waals surface area (Å²) in [5.41, 5.74) is 0.969. The molecule has 0 amide bonds. The molecule has 2 heterocycles. The highest BCUT2D eigenvalue weighted by Crippen LogP contribution is 2.31. The fourth-order valence-corrected chi connectivity index (χ4v) is 2.82. The van der Waals surface area contributed by atoms with Crippen LogP contribution in [0.1, 0.15) is 0 Å². The van der Waals surface area contributed by atoms with E-state index in [1.165, 1.54) is 0 Å². The SMILES string of the molecule is Brc1csc2c(Br)ncnc12. The van der Waals surface area contributed by atoms with E-state index in [1.54, 1.807) is 17.7 Å². The third-order valence-electron chi connectivity index (χ3n) is 1.27. The monoisotopic (exact) mass is 292 g/mol. The molecule has 0 aromatic carbocycles. The third kappa shape index (κ3) is 1.21. The van der Waals surface area contributed by atoms with Gasteiger partial charge in [0.15, 0.2) is 0 Å². The molecule has 0 atom stereocenters. The van der Waals surface area contributed by atoms with E-state index >= 15 is 0 Å². The van der Waals surface area contributed by atoms with Crippen LogP contribution in [-0.2, 0) is 0 Å². The Morgan fingerprint density at radius 3 is 2.82 bits per heavy atom. The predicted octanol–water partition coefficient (Wildman–Crippen LogP) is 3.22. The summed E-state index contributed by atoms with van der Waals surface area (Å²) in [5, 5.41) is 2.00. The van der Waals surface area contributed by atoms with Crippen LogP contribution in [0, 0.1) is 0 Å². The van der Waals surface area contributed by atoms with Crippen LogP contribution in [0.25, 0.3) is 10.2 Å². The Hall–Kier alpha value is -0.000000000000000111. The lowest BCUT2D eigenvalue weighted by molar-refractivity contribution is 1.20. The molecule has 0 bridgehead atoms. The Morgan fingerprint density at radius 2 is 2.09 bits per heavy atom. The van der Waals surface area contributed by atoms with E-state index in [0.29, 0.717) is 0 Å². The van der Waals surface area contributed by atoms with Crippen LogP contribution >= 0.6 is 43.2 Å². The number of aromatic nitrogens is 2. The Bertz CT molecular complexity index is 398. The first kappa shape index (κ1) is 7.64. The second-order valence-corrected chi connectivity index (χ2v) is 4.41. The smallest absolute Gasteiger partial charge is 0.127 e. The van der Waals surface area contributed by atoms with Gasteiger partial charge in [0.1, 0.15) is 10.9 Å². The predicted molar refractivity (Wildman–Crippen MR) is 52.8 cm³/mol. The van der Waals surface area contributed by atoms with Crippen LogP contribution in [0.2, 0.25) is 0 Å². The lowest BCUT2D eigenvalue weighted by Gasteiger charge is -1.89. The highest BCUT2D eigenvalue weighted by molar-refractivity contribution is 9.11. The lowest BCUT2D eigenvalue weighted by Crippen LogP contribution is -1.78. The van der Waals surface area contributed by atoms with Gasteiger partial charge in [-0.1, -0.05) is 0 Å². The van der Waals surface area contributed by atoms with Gasteiger partial charge in [-0.15, -0.1) is 11.3 Å². The molecular weight excluding hydrogens is 292 g/mol. The number of hydrogen-bond acceptors (Lipinski definition) is 3. The van der Waals surface area contributed by atoms with Crippen LogP contribution in [0.15, 0.2) is 20.8 Å². The minimum atomic E-state index is 0.859. The van der Waals surface area contributed by atoms with Crippen molar-refractivity contribution >= 4 is 53.4 Å². The molecule has 0 aliphatic rings. The minimum absolute atomic E-state index is 0.859. The van der Waals surface area contributed by atoms with Crippen molar-refractivity contribution in [1.82, 2.24) is 9.97 Å². The molecule has 2 aromatic rings. The fourth-order valence-electron chi connectivity index (χ4n) is 0.793. The fraction of sp³-hybridized carbons (Fsp3) is 0. The van der Waals surface area contributed by atoms with Gasteiger partial charge >= 0.3 is 0 Å². The summed E-state index contributed by atoms with van der Waals surface area (Å²) >= 11 is 8.37. The van der Waals surface area contributed by atoms with E-state index in [9.17, 15) is 0 Å². The quantitative estimate of drug-likeness (QED) is 0.697. The van der Waals surface area contributed by atoms with E-state index < -0.39 is 0 Å². The highest BCUT2D eigenvalue weighted by Gasteiger charge is 2.05. The average molecular weight is 294 g/mol. The molecule has 0 saturated heterocycles. The van der Waals surface area contributed by atoms with Gasteiger partial charge in [0.05, 0.1) is 14.7 Å². The molecule has 2 rings (SSSR count). The molecule has 0 saturated carbocycles. The van der Waals surface area contributed by atoms with Gasteiger partial charge in [0.25, 0.3) is 0 Å². The molecule has 56 valence electrons. The maximum atomic E-state index is 4.12. The zero-order chi connectivity index (χ0) is 7.84.